The number of carbonyl (C=O) groups excluding carboxylic acids is 4. The number of carbonyl (C=O) groups is 4. The van der Waals surface area contributed by atoms with Crippen molar-refractivity contribution in [2.45, 2.75) is 68.6 Å². The van der Waals surface area contributed by atoms with E-state index in [9.17, 15) is 32.3 Å². The molecule has 1 aromatic heterocycles. The molecule has 2 atom stereocenters. The number of rotatable bonds is 17. The van der Waals surface area contributed by atoms with Gasteiger partial charge in [0.1, 0.15) is 6.04 Å². The van der Waals surface area contributed by atoms with Crippen LogP contribution in [0.3, 0.4) is 0 Å². The Labute approximate surface area is 325 Å². The highest BCUT2D eigenvalue weighted by Crippen LogP contribution is 2.48. The molecule has 2 aliphatic carbocycles. The molecule has 1 heterocycles. The zero-order chi connectivity index (χ0) is 39.9. The van der Waals surface area contributed by atoms with Crippen molar-refractivity contribution in [2.75, 3.05) is 30.9 Å². The number of halogens is 4. The summed E-state index contributed by atoms with van der Waals surface area (Å²) in [5, 5.41) is 11.8. The van der Waals surface area contributed by atoms with Gasteiger partial charge in [-0.05, 0) is 97.5 Å². The Morgan fingerprint density at radius 3 is 2.36 bits per heavy atom. The van der Waals surface area contributed by atoms with Crippen molar-refractivity contribution in [3.05, 3.63) is 100 Å². The van der Waals surface area contributed by atoms with Crippen molar-refractivity contribution < 1.29 is 41.8 Å². The second kappa shape index (κ2) is 17.4. The quantitative estimate of drug-likeness (QED) is 0.0712. The van der Waals surface area contributed by atoms with E-state index in [2.05, 4.69) is 48.4 Å². The molecule has 1 fully saturated rings. The smallest absolute Gasteiger partial charge is 0.422 e. The third kappa shape index (κ3) is 10.5. The van der Waals surface area contributed by atoms with Crippen LogP contribution < -0.4 is 26.0 Å². The minimum Gasteiger partial charge on any atom is -0.467 e. The molecular weight excluding hydrogens is 755 g/mol. The highest BCUT2D eigenvalue weighted by molar-refractivity contribution is 6.36. The number of hydrogen-bond donors (Lipinski definition) is 4. The van der Waals surface area contributed by atoms with Gasteiger partial charge in [-0.25, -0.2) is 4.79 Å². The average molecular weight is 794 g/mol. The van der Waals surface area contributed by atoms with Gasteiger partial charge in [-0.15, -0.1) is 0 Å². The number of hydrogen-bond acceptors (Lipinski definition) is 11. The number of aromatic nitrogens is 3. The molecule has 0 saturated heterocycles. The second-order valence-corrected chi connectivity index (χ2v) is 14.0. The molecule has 2 amide bonds. The minimum atomic E-state index is -4.63. The number of nitrogens with zero attached hydrogens (tertiary/aromatic N) is 3. The molecule has 0 aliphatic heterocycles. The maximum atomic E-state index is 13.1. The number of amides is 2. The predicted molar refractivity (Wildman–Crippen MR) is 200 cm³/mol. The van der Waals surface area contributed by atoms with E-state index in [0.717, 1.165) is 25.5 Å². The number of alkyl halides is 3. The molecule has 1 unspecified atom stereocenters. The van der Waals surface area contributed by atoms with Gasteiger partial charge in [0.15, 0.2) is 6.61 Å². The van der Waals surface area contributed by atoms with Crippen molar-refractivity contribution in [3.8, 4) is 6.01 Å². The van der Waals surface area contributed by atoms with E-state index in [4.69, 9.17) is 21.1 Å². The van der Waals surface area contributed by atoms with Gasteiger partial charge in [0.05, 0.1) is 12.6 Å². The molecule has 56 heavy (non-hydrogen) atoms. The number of fused-ring (bicyclic) bond motifs is 1. The normalized spacial score (nSPS) is 15.8. The molecule has 17 heteroatoms. The van der Waals surface area contributed by atoms with Crippen molar-refractivity contribution >= 4 is 52.8 Å². The zero-order valence-electron chi connectivity index (χ0n) is 30.2. The van der Waals surface area contributed by atoms with Gasteiger partial charge in [-0.1, -0.05) is 48.0 Å². The van der Waals surface area contributed by atoms with Crippen molar-refractivity contribution in [3.63, 3.8) is 0 Å². The summed E-state index contributed by atoms with van der Waals surface area (Å²) in [5.41, 5.74) is 3.36. The molecule has 6 rings (SSSR count). The van der Waals surface area contributed by atoms with Gasteiger partial charge >= 0.3 is 18.2 Å². The van der Waals surface area contributed by atoms with E-state index in [-0.39, 0.29) is 42.8 Å². The second-order valence-electron chi connectivity index (χ2n) is 13.6. The number of nitrogens with one attached hydrogen (secondary N) is 4. The molecule has 13 nitrogen and oxygen atoms in total. The Kier molecular flexibility index (Phi) is 12.4. The highest BCUT2D eigenvalue weighted by atomic mass is 35.5. The highest BCUT2D eigenvalue weighted by Gasteiger charge is 2.45. The molecule has 3 aromatic carbocycles. The summed E-state index contributed by atoms with van der Waals surface area (Å²) >= 11 is 6.04. The largest absolute Gasteiger partial charge is 0.467 e. The fraction of sp³-hybridized carbons (Fsp3) is 0.359. The van der Waals surface area contributed by atoms with Crippen molar-refractivity contribution in [2.24, 2.45) is 0 Å². The number of aryl methyl sites for hydroxylation is 1. The third-order valence-corrected chi connectivity index (χ3v) is 9.87. The molecule has 4 aromatic rings. The summed E-state index contributed by atoms with van der Waals surface area (Å²) in [6.45, 7) is -1.69. The minimum absolute atomic E-state index is 0.0206. The summed E-state index contributed by atoms with van der Waals surface area (Å²) in [6, 6.07) is 19.4. The predicted octanol–water partition coefficient (Wildman–Crippen LogP) is 6.17. The number of ether oxygens (including phenoxy) is 2. The summed E-state index contributed by atoms with van der Waals surface area (Å²) in [4.78, 5) is 63.1. The maximum absolute atomic E-state index is 13.1. The number of methoxy groups -OCH3 is 1. The van der Waals surface area contributed by atoms with Crippen LogP contribution in [0.5, 0.6) is 6.01 Å². The Balaban J connectivity index is 1.04. The molecule has 0 radical (unpaired) electrons. The lowest BCUT2D eigenvalue weighted by Crippen LogP contribution is -2.44. The average Bonchev–Trinajstić information content (AvgIpc) is 3.84. The molecule has 294 valence electrons. The molecule has 4 N–H and O–H groups in total. The van der Waals surface area contributed by atoms with Crippen LogP contribution in [0.15, 0.2) is 72.8 Å². The maximum Gasteiger partial charge on any atom is 0.422 e. The monoisotopic (exact) mass is 793 g/mol. The van der Waals surface area contributed by atoms with Gasteiger partial charge in [0, 0.05) is 29.2 Å². The molecular formula is C39H39ClF3N7O6. The van der Waals surface area contributed by atoms with Crippen LogP contribution in [-0.2, 0) is 31.1 Å². The standard InChI is InChI=1S/C39H39ClF3N7O6/c1-55-34(54)30(18-21-44-33(53)31(51)17-10-24-7-6-23-4-2-3-5-29(23)24)46-32(52)25-8-15-28(16-9-25)45-35-47-36(49-37(48-35)56-22-39(41,42)43)50-38(19-20-38)26-11-13-27(40)14-12-26/h2-5,8-9,11-16,24,30H,6-7,10,17-22H2,1H3,(H,44,53)(H,46,52)(H2,45,47,48,49,50)/t24?,30-/m0/s1. The van der Waals surface area contributed by atoms with Crippen LogP contribution in [0, 0.1) is 0 Å². The summed E-state index contributed by atoms with van der Waals surface area (Å²) in [5.74, 6) is -2.61. The fourth-order valence-electron chi connectivity index (χ4n) is 6.53. The summed E-state index contributed by atoms with van der Waals surface area (Å²) in [6.07, 6.45) is -0.702. The zero-order valence-corrected chi connectivity index (χ0v) is 31.0. The van der Waals surface area contributed by atoms with Crippen molar-refractivity contribution in [1.29, 1.82) is 0 Å². The SMILES string of the molecule is COC(=O)[C@H](CCNC(=O)C(=O)CCC1CCc2ccccc21)NC(=O)c1ccc(Nc2nc(NC3(c4ccc(Cl)cc4)CC3)nc(OCC(F)(F)F)n2)cc1. The van der Waals surface area contributed by atoms with Gasteiger partial charge in [-0.3, -0.25) is 14.4 Å². The van der Waals surface area contributed by atoms with Crippen LogP contribution in [0.1, 0.15) is 71.5 Å². The Morgan fingerprint density at radius 1 is 0.946 bits per heavy atom. The van der Waals surface area contributed by atoms with E-state index >= 15 is 0 Å². The van der Waals surface area contributed by atoms with Crippen LogP contribution in [0.2, 0.25) is 5.02 Å². The van der Waals surface area contributed by atoms with Crippen LogP contribution in [0.25, 0.3) is 0 Å². The van der Waals surface area contributed by atoms with Gasteiger partial charge in [0.2, 0.25) is 17.7 Å². The Morgan fingerprint density at radius 2 is 1.66 bits per heavy atom. The van der Waals surface area contributed by atoms with E-state index in [1.165, 1.54) is 35.4 Å². The first-order valence-corrected chi connectivity index (χ1v) is 18.3. The molecule has 1 saturated carbocycles. The van der Waals surface area contributed by atoms with E-state index in [1.807, 2.05) is 24.3 Å². The first-order chi connectivity index (χ1) is 26.8. The fourth-order valence-corrected chi connectivity index (χ4v) is 6.66. The van der Waals surface area contributed by atoms with Crippen LogP contribution in [-0.4, -0.2) is 71.0 Å². The number of anilines is 3. The number of Topliss-reactive ketones (excluding diaryl/α,β-unsaturated/α-hetero) is 1. The third-order valence-electron chi connectivity index (χ3n) is 9.62. The lowest BCUT2D eigenvalue weighted by Gasteiger charge is -2.19. The number of benzene rings is 3. The van der Waals surface area contributed by atoms with Gasteiger partial charge in [0.25, 0.3) is 11.8 Å². The topological polar surface area (TPSA) is 174 Å². The Bertz CT molecular complexity index is 2060. The number of esters is 1. The van der Waals surface area contributed by atoms with Gasteiger partial charge in [-0.2, -0.15) is 28.1 Å². The first kappa shape index (κ1) is 39.9. The van der Waals surface area contributed by atoms with Crippen molar-refractivity contribution in [1.82, 2.24) is 25.6 Å². The van der Waals surface area contributed by atoms with E-state index in [0.29, 0.717) is 30.0 Å². The molecule has 2 aliphatic rings. The lowest BCUT2D eigenvalue weighted by atomic mass is 9.95. The summed E-state index contributed by atoms with van der Waals surface area (Å²) < 4.78 is 48.6. The lowest BCUT2D eigenvalue weighted by molar-refractivity contribution is -0.154. The molecule has 0 spiro atoms. The molecule has 0 bridgehead atoms. The van der Waals surface area contributed by atoms with Gasteiger partial charge < -0.3 is 30.7 Å². The number of ketones is 1. The van der Waals surface area contributed by atoms with Crippen LogP contribution in [0.4, 0.5) is 30.8 Å². The van der Waals surface area contributed by atoms with Crippen LogP contribution >= 0.6 is 11.6 Å². The van der Waals surface area contributed by atoms with E-state index < -0.39 is 53.9 Å². The Hall–Kier alpha value is -5.77. The summed E-state index contributed by atoms with van der Waals surface area (Å²) in [7, 11) is 1.16. The first-order valence-electron chi connectivity index (χ1n) is 18.0. The van der Waals surface area contributed by atoms with E-state index in [1.54, 1.807) is 12.1 Å².